The predicted octanol–water partition coefficient (Wildman–Crippen LogP) is 3.00. The van der Waals surface area contributed by atoms with Gasteiger partial charge in [-0.15, -0.1) is 0 Å². The van der Waals surface area contributed by atoms with Crippen LogP contribution >= 0.6 is 0 Å². The lowest BCUT2D eigenvalue weighted by molar-refractivity contribution is -0.0753. The second kappa shape index (κ2) is 5.27. The van der Waals surface area contributed by atoms with Gasteiger partial charge in [-0.3, -0.25) is 4.90 Å². The van der Waals surface area contributed by atoms with Crippen LogP contribution in [0.2, 0.25) is 0 Å². The summed E-state index contributed by atoms with van der Waals surface area (Å²) in [6.07, 6.45) is 5.44. The number of nitrogens with zero attached hydrogens (tertiary/aromatic N) is 1. The van der Waals surface area contributed by atoms with Crippen molar-refractivity contribution in [2.45, 2.75) is 45.3 Å². The Morgan fingerprint density at radius 3 is 2.95 bits per heavy atom. The zero-order chi connectivity index (χ0) is 15.2. The van der Waals surface area contributed by atoms with Crippen LogP contribution in [0.4, 0.5) is 0 Å². The van der Waals surface area contributed by atoms with Gasteiger partial charge >= 0.3 is 5.97 Å². The molecule has 118 valence electrons. The summed E-state index contributed by atoms with van der Waals surface area (Å²) in [4.78, 5) is 14.0. The van der Waals surface area contributed by atoms with Crippen LogP contribution < -0.4 is 4.74 Å². The van der Waals surface area contributed by atoms with E-state index in [0.29, 0.717) is 17.6 Å². The van der Waals surface area contributed by atoms with Gasteiger partial charge in [-0.05, 0) is 50.6 Å². The summed E-state index contributed by atoms with van der Waals surface area (Å²) in [5.74, 6) is 0.665. The number of likely N-dealkylation sites (N-methyl/N-ethyl adjacent to an activating group) is 1. The number of esters is 1. The zero-order valence-electron chi connectivity index (χ0n) is 13.1. The van der Waals surface area contributed by atoms with Crippen LogP contribution in [0.25, 0.3) is 0 Å². The molecule has 0 radical (unpaired) electrons. The molecule has 22 heavy (non-hydrogen) atoms. The number of fused-ring (bicyclic) bond motifs is 1. The topological polar surface area (TPSA) is 38.8 Å². The Morgan fingerprint density at radius 2 is 2.23 bits per heavy atom. The largest absolute Gasteiger partial charge is 0.489 e. The van der Waals surface area contributed by atoms with Gasteiger partial charge in [0.15, 0.2) is 0 Å². The van der Waals surface area contributed by atoms with Gasteiger partial charge < -0.3 is 9.47 Å². The average molecular weight is 301 g/mol. The lowest BCUT2D eigenvalue weighted by atomic mass is 9.61. The van der Waals surface area contributed by atoms with Crippen LogP contribution in [0.3, 0.4) is 0 Å². The molecule has 1 aliphatic carbocycles. The summed E-state index contributed by atoms with van der Waals surface area (Å²) >= 11 is 0. The summed E-state index contributed by atoms with van der Waals surface area (Å²) in [6.45, 7) is 5.89. The first-order valence-corrected chi connectivity index (χ1v) is 8.39. The third-order valence-corrected chi connectivity index (χ3v) is 5.76. The Kier molecular flexibility index (Phi) is 3.37. The molecule has 0 N–H and O–H groups in total. The average Bonchev–Trinajstić information content (AvgIpc) is 2.86. The molecule has 4 nitrogen and oxygen atoms in total. The second-order valence-corrected chi connectivity index (χ2v) is 6.86. The number of piperidine rings is 1. The van der Waals surface area contributed by atoms with Crippen molar-refractivity contribution in [3.8, 4) is 5.75 Å². The molecule has 1 aromatic rings. The van der Waals surface area contributed by atoms with Gasteiger partial charge in [0.2, 0.25) is 0 Å². The van der Waals surface area contributed by atoms with Crippen molar-refractivity contribution in [1.29, 1.82) is 0 Å². The van der Waals surface area contributed by atoms with Crippen LogP contribution in [-0.4, -0.2) is 36.6 Å². The summed E-state index contributed by atoms with van der Waals surface area (Å²) in [5, 5.41) is 0. The minimum atomic E-state index is -0.216. The smallest absolute Gasteiger partial charge is 0.338 e. The van der Waals surface area contributed by atoms with E-state index in [-0.39, 0.29) is 12.1 Å². The van der Waals surface area contributed by atoms with Crippen LogP contribution in [0, 0.1) is 5.41 Å². The van der Waals surface area contributed by atoms with Crippen molar-refractivity contribution in [3.63, 3.8) is 0 Å². The third-order valence-electron chi connectivity index (χ3n) is 5.76. The Balaban J connectivity index is 1.54. The highest BCUT2D eigenvalue weighted by Crippen LogP contribution is 2.50. The van der Waals surface area contributed by atoms with Crippen LogP contribution in [0.15, 0.2) is 18.2 Å². The molecule has 2 aliphatic heterocycles. The molecule has 1 saturated heterocycles. The fourth-order valence-corrected chi connectivity index (χ4v) is 4.06. The number of rotatable bonds is 3. The van der Waals surface area contributed by atoms with Gasteiger partial charge in [-0.1, -0.05) is 13.3 Å². The van der Waals surface area contributed by atoms with Gasteiger partial charge in [0.1, 0.15) is 18.5 Å². The number of cyclic esters (lactones) is 1. The van der Waals surface area contributed by atoms with Crippen molar-refractivity contribution >= 4 is 5.97 Å². The van der Waals surface area contributed by atoms with Crippen molar-refractivity contribution in [1.82, 2.24) is 4.90 Å². The number of carbonyl (C=O) groups is 1. The number of carbonyl (C=O) groups excluding carboxylic acids is 1. The highest BCUT2D eigenvalue weighted by atomic mass is 16.5. The minimum absolute atomic E-state index is 0.216. The molecule has 0 aromatic heterocycles. The summed E-state index contributed by atoms with van der Waals surface area (Å²) in [7, 11) is 0. The normalized spacial score (nSPS) is 26.4. The van der Waals surface area contributed by atoms with E-state index in [1.54, 1.807) is 0 Å². The fourth-order valence-electron chi connectivity index (χ4n) is 4.06. The molecular weight excluding hydrogens is 278 g/mol. The maximum atomic E-state index is 11.5. The molecule has 0 amide bonds. The minimum Gasteiger partial charge on any atom is -0.489 e. The Morgan fingerprint density at radius 1 is 1.36 bits per heavy atom. The van der Waals surface area contributed by atoms with Gasteiger partial charge in [0.05, 0.1) is 5.56 Å². The van der Waals surface area contributed by atoms with Gasteiger partial charge in [-0.25, -0.2) is 4.79 Å². The molecule has 4 heteroatoms. The number of likely N-dealkylation sites (tertiary alicyclic amines) is 1. The van der Waals surface area contributed by atoms with Crippen LogP contribution in [0.5, 0.6) is 5.75 Å². The second-order valence-electron chi connectivity index (χ2n) is 6.86. The van der Waals surface area contributed by atoms with E-state index in [9.17, 15) is 4.79 Å². The van der Waals surface area contributed by atoms with E-state index >= 15 is 0 Å². The molecule has 1 atom stereocenters. The Hall–Kier alpha value is -1.55. The molecule has 4 rings (SSSR count). The summed E-state index contributed by atoms with van der Waals surface area (Å²) < 4.78 is 11.5. The molecule has 0 bridgehead atoms. The molecule has 1 spiro atoms. The number of hydrogen-bond donors (Lipinski definition) is 0. The maximum absolute atomic E-state index is 11.5. The first-order valence-electron chi connectivity index (χ1n) is 8.39. The number of ether oxygens (including phenoxy) is 2. The van der Waals surface area contributed by atoms with Crippen molar-refractivity contribution in [3.05, 3.63) is 29.3 Å². The lowest BCUT2D eigenvalue weighted by Crippen LogP contribution is -2.56. The van der Waals surface area contributed by atoms with E-state index in [4.69, 9.17) is 9.47 Å². The molecule has 3 aliphatic rings. The molecule has 0 unspecified atom stereocenters. The summed E-state index contributed by atoms with van der Waals surface area (Å²) in [5.41, 5.74) is 2.02. The van der Waals surface area contributed by atoms with E-state index in [1.165, 1.54) is 32.2 Å². The molecule has 1 saturated carbocycles. The molecule has 1 aromatic carbocycles. The lowest BCUT2D eigenvalue weighted by Gasteiger charge is -2.52. The highest BCUT2D eigenvalue weighted by Gasteiger charge is 2.48. The SMILES string of the molecule is CCN1CCC2(CCC2)[C@@H](Oc2ccc3c(c2)COC3=O)C1. The Labute approximate surface area is 131 Å². The first kappa shape index (κ1) is 14.1. The quantitative estimate of drug-likeness (QED) is 0.805. The Bertz CT molecular complexity index is 594. The fraction of sp³-hybridized carbons (Fsp3) is 0.611. The van der Waals surface area contributed by atoms with Crippen LogP contribution in [0.1, 0.15) is 48.5 Å². The van der Waals surface area contributed by atoms with Crippen molar-refractivity contribution in [2.75, 3.05) is 19.6 Å². The summed E-state index contributed by atoms with van der Waals surface area (Å²) in [6, 6.07) is 5.74. The number of benzene rings is 1. The van der Waals surface area contributed by atoms with Crippen molar-refractivity contribution < 1.29 is 14.3 Å². The van der Waals surface area contributed by atoms with Crippen LogP contribution in [-0.2, 0) is 11.3 Å². The van der Waals surface area contributed by atoms with Gasteiger partial charge in [0, 0.05) is 17.5 Å². The maximum Gasteiger partial charge on any atom is 0.338 e. The van der Waals surface area contributed by atoms with E-state index < -0.39 is 0 Å². The zero-order valence-corrected chi connectivity index (χ0v) is 13.1. The number of hydrogen-bond acceptors (Lipinski definition) is 4. The van der Waals surface area contributed by atoms with Gasteiger partial charge in [0.25, 0.3) is 0 Å². The van der Waals surface area contributed by atoms with Gasteiger partial charge in [-0.2, -0.15) is 0 Å². The molecular formula is C18H23NO3. The van der Waals surface area contributed by atoms with E-state index in [2.05, 4.69) is 11.8 Å². The standard InChI is InChI=1S/C18H23NO3/c1-2-19-9-8-18(6-3-7-18)16(11-19)22-14-4-5-15-13(10-14)12-21-17(15)20/h4-5,10,16H,2-3,6-9,11-12H2,1H3/t16-/m0/s1. The molecule has 2 fully saturated rings. The predicted molar refractivity (Wildman–Crippen MR) is 83.0 cm³/mol. The third kappa shape index (κ3) is 2.21. The molecule has 2 heterocycles. The first-order chi connectivity index (χ1) is 10.7. The highest BCUT2D eigenvalue weighted by molar-refractivity contribution is 5.93. The monoisotopic (exact) mass is 301 g/mol. The van der Waals surface area contributed by atoms with E-state index in [0.717, 1.165) is 24.4 Å². The van der Waals surface area contributed by atoms with E-state index in [1.807, 2.05) is 18.2 Å². The van der Waals surface area contributed by atoms with Crippen molar-refractivity contribution in [2.24, 2.45) is 5.41 Å².